The lowest BCUT2D eigenvalue weighted by Crippen LogP contribution is -2.43. The predicted molar refractivity (Wildman–Crippen MR) is 88.2 cm³/mol. The van der Waals surface area contributed by atoms with Crippen LogP contribution < -0.4 is 0 Å². The molecule has 1 fully saturated rings. The summed E-state index contributed by atoms with van der Waals surface area (Å²) < 4.78 is 7.01. The van der Waals surface area contributed by atoms with Crippen LogP contribution in [0.4, 0.5) is 0 Å². The summed E-state index contributed by atoms with van der Waals surface area (Å²) in [5.74, 6) is 0.468. The second-order valence-corrected chi connectivity index (χ2v) is 7.29. The number of aryl methyl sites for hydroxylation is 1. The summed E-state index contributed by atoms with van der Waals surface area (Å²) in [4.78, 5) is 16.0. The number of nitrogens with zero attached hydrogens (tertiary/aromatic N) is 5. The van der Waals surface area contributed by atoms with Gasteiger partial charge in [0.05, 0.1) is 12.3 Å². The maximum atomic E-state index is 12.8. The summed E-state index contributed by atoms with van der Waals surface area (Å²) >= 11 is 3.06. The number of thiophene rings is 1. The lowest BCUT2D eigenvalue weighted by Gasteiger charge is -2.34. The number of hydrogen-bond donors (Lipinski definition) is 0. The molecule has 7 nitrogen and oxygen atoms in total. The average molecular weight is 353 g/mol. The van der Waals surface area contributed by atoms with Crippen molar-refractivity contribution in [1.82, 2.24) is 25.1 Å². The Balaban J connectivity index is 1.65. The average Bonchev–Trinajstić information content (AvgIpc) is 3.23. The number of carbonyl (C=O) groups is 1. The lowest BCUT2D eigenvalue weighted by atomic mass is 10.1. The van der Waals surface area contributed by atoms with Gasteiger partial charge in [0.2, 0.25) is 11.1 Å². The van der Waals surface area contributed by atoms with E-state index >= 15 is 0 Å². The van der Waals surface area contributed by atoms with Gasteiger partial charge in [-0.3, -0.25) is 4.79 Å². The summed E-state index contributed by atoms with van der Waals surface area (Å²) in [6.07, 6.45) is 1.79. The first-order chi connectivity index (χ1) is 11.2. The SMILES string of the molecule is Cn1nnnc1SCC(=O)N(Cc1cccs1)C1CCOCC1. The van der Waals surface area contributed by atoms with Crippen molar-refractivity contribution in [2.45, 2.75) is 30.6 Å². The van der Waals surface area contributed by atoms with Gasteiger partial charge in [0.1, 0.15) is 0 Å². The summed E-state index contributed by atoms with van der Waals surface area (Å²) in [7, 11) is 1.77. The first kappa shape index (κ1) is 16.4. The Morgan fingerprint density at radius 2 is 2.35 bits per heavy atom. The highest BCUT2D eigenvalue weighted by Crippen LogP contribution is 2.22. The monoisotopic (exact) mass is 353 g/mol. The van der Waals surface area contributed by atoms with Gasteiger partial charge in [-0.25, -0.2) is 4.68 Å². The Kier molecular flexibility index (Phi) is 5.63. The zero-order chi connectivity index (χ0) is 16.1. The minimum absolute atomic E-state index is 0.123. The molecule has 0 saturated carbocycles. The minimum Gasteiger partial charge on any atom is -0.381 e. The molecule has 0 atom stereocenters. The van der Waals surface area contributed by atoms with E-state index in [4.69, 9.17) is 4.74 Å². The zero-order valence-electron chi connectivity index (χ0n) is 12.9. The molecule has 2 aromatic heterocycles. The number of hydrogen-bond acceptors (Lipinski definition) is 7. The maximum Gasteiger partial charge on any atom is 0.233 e. The van der Waals surface area contributed by atoms with E-state index in [1.165, 1.54) is 16.6 Å². The van der Waals surface area contributed by atoms with E-state index in [0.717, 1.165) is 26.1 Å². The van der Waals surface area contributed by atoms with Crippen molar-refractivity contribution in [1.29, 1.82) is 0 Å². The summed E-state index contributed by atoms with van der Waals surface area (Å²) in [5, 5.41) is 14.0. The molecule has 124 valence electrons. The maximum absolute atomic E-state index is 12.8. The van der Waals surface area contributed by atoms with Crippen LogP contribution in [0.25, 0.3) is 0 Å². The molecule has 0 unspecified atom stereocenters. The van der Waals surface area contributed by atoms with Crippen molar-refractivity contribution in [3.8, 4) is 0 Å². The molecule has 1 amide bonds. The molecule has 3 rings (SSSR count). The normalized spacial score (nSPS) is 15.7. The fourth-order valence-electron chi connectivity index (χ4n) is 2.54. The largest absolute Gasteiger partial charge is 0.381 e. The van der Waals surface area contributed by atoms with Crippen LogP contribution in [-0.4, -0.2) is 56.0 Å². The van der Waals surface area contributed by atoms with Gasteiger partial charge in [-0.1, -0.05) is 17.8 Å². The second-order valence-electron chi connectivity index (χ2n) is 5.32. The number of ether oxygens (including phenoxy) is 1. The van der Waals surface area contributed by atoms with Gasteiger partial charge in [0.25, 0.3) is 0 Å². The Bertz CT molecular complexity index is 625. The van der Waals surface area contributed by atoms with Gasteiger partial charge >= 0.3 is 0 Å². The van der Waals surface area contributed by atoms with Crippen molar-refractivity contribution in [2.75, 3.05) is 19.0 Å². The third kappa shape index (κ3) is 4.30. The topological polar surface area (TPSA) is 73.1 Å². The van der Waals surface area contributed by atoms with Gasteiger partial charge in [-0.2, -0.15) is 0 Å². The van der Waals surface area contributed by atoms with E-state index in [1.807, 2.05) is 16.3 Å². The molecule has 0 spiro atoms. The molecule has 0 N–H and O–H groups in total. The van der Waals surface area contributed by atoms with Crippen LogP contribution in [0, 0.1) is 0 Å². The third-order valence-electron chi connectivity index (χ3n) is 3.76. The van der Waals surface area contributed by atoms with Gasteiger partial charge in [0.15, 0.2) is 0 Å². The van der Waals surface area contributed by atoms with Crippen LogP contribution in [0.2, 0.25) is 0 Å². The van der Waals surface area contributed by atoms with Crippen LogP contribution in [0.15, 0.2) is 22.7 Å². The number of aromatic nitrogens is 4. The van der Waals surface area contributed by atoms with Gasteiger partial charge in [-0.05, 0) is 34.7 Å². The van der Waals surface area contributed by atoms with E-state index in [0.29, 0.717) is 17.5 Å². The van der Waals surface area contributed by atoms with Crippen molar-refractivity contribution in [2.24, 2.45) is 7.05 Å². The van der Waals surface area contributed by atoms with Crippen LogP contribution >= 0.6 is 23.1 Å². The van der Waals surface area contributed by atoms with Gasteiger partial charge in [-0.15, -0.1) is 16.4 Å². The number of amides is 1. The molecule has 9 heteroatoms. The predicted octanol–water partition coefficient (Wildman–Crippen LogP) is 1.57. The number of rotatable bonds is 6. The number of carbonyl (C=O) groups excluding carboxylic acids is 1. The standard InChI is InChI=1S/C14H19N5O2S2/c1-18-14(15-16-17-18)23-10-13(20)19(9-12-3-2-8-22-12)11-4-6-21-7-5-11/h2-3,8,11H,4-7,9-10H2,1H3. The molecular formula is C14H19N5O2S2. The summed E-state index contributed by atoms with van der Waals surface area (Å²) in [5.41, 5.74) is 0. The van der Waals surface area contributed by atoms with E-state index in [9.17, 15) is 4.79 Å². The van der Waals surface area contributed by atoms with E-state index < -0.39 is 0 Å². The van der Waals surface area contributed by atoms with E-state index in [1.54, 1.807) is 23.1 Å². The molecule has 0 aliphatic carbocycles. The second kappa shape index (κ2) is 7.89. The lowest BCUT2D eigenvalue weighted by molar-refractivity contribution is -0.133. The minimum atomic E-state index is 0.123. The van der Waals surface area contributed by atoms with E-state index in [-0.39, 0.29) is 11.9 Å². The van der Waals surface area contributed by atoms with Gasteiger partial charge in [0, 0.05) is 31.2 Å². The fraction of sp³-hybridized carbons (Fsp3) is 0.571. The van der Waals surface area contributed by atoms with Crippen LogP contribution in [-0.2, 0) is 23.1 Å². The molecule has 1 aliphatic rings. The highest BCUT2D eigenvalue weighted by molar-refractivity contribution is 7.99. The highest BCUT2D eigenvalue weighted by atomic mass is 32.2. The Morgan fingerprint density at radius 1 is 1.52 bits per heavy atom. The summed E-state index contributed by atoms with van der Waals surface area (Å²) in [6.45, 7) is 2.11. The van der Waals surface area contributed by atoms with Gasteiger partial charge < -0.3 is 9.64 Å². The Hall–Kier alpha value is -1.45. The van der Waals surface area contributed by atoms with Crippen molar-refractivity contribution >= 4 is 29.0 Å². The van der Waals surface area contributed by atoms with Crippen LogP contribution in [0.3, 0.4) is 0 Å². The molecule has 0 aromatic carbocycles. The molecule has 2 aromatic rings. The number of tetrazole rings is 1. The molecule has 0 bridgehead atoms. The van der Waals surface area contributed by atoms with E-state index in [2.05, 4.69) is 21.6 Å². The molecule has 3 heterocycles. The quantitative estimate of drug-likeness (QED) is 0.734. The number of thioether (sulfide) groups is 1. The molecule has 1 saturated heterocycles. The molecule has 0 radical (unpaired) electrons. The smallest absolute Gasteiger partial charge is 0.233 e. The van der Waals surface area contributed by atoms with Crippen molar-refractivity contribution < 1.29 is 9.53 Å². The Morgan fingerprint density at radius 3 is 3.00 bits per heavy atom. The molecule has 23 heavy (non-hydrogen) atoms. The fourth-order valence-corrected chi connectivity index (χ4v) is 3.98. The zero-order valence-corrected chi connectivity index (χ0v) is 14.6. The summed E-state index contributed by atoms with van der Waals surface area (Å²) in [6, 6.07) is 4.34. The van der Waals surface area contributed by atoms with Crippen LogP contribution in [0.5, 0.6) is 0 Å². The first-order valence-corrected chi connectivity index (χ1v) is 9.35. The van der Waals surface area contributed by atoms with Crippen LogP contribution in [0.1, 0.15) is 17.7 Å². The first-order valence-electron chi connectivity index (χ1n) is 7.49. The molecular weight excluding hydrogens is 334 g/mol. The van der Waals surface area contributed by atoms with Crippen molar-refractivity contribution in [3.05, 3.63) is 22.4 Å². The third-order valence-corrected chi connectivity index (χ3v) is 5.62. The highest BCUT2D eigenvalue weighted by Gasteiger charge is 2.26. The van der Waals surface area contributed by atoms with Crippen molar-refractivity contribution in [3.63, 3.8) is 0 Å². The molecule has 1 aliphatic heterocycles. The Labute approximate surface area is 143 Å².